The van der Waals surface area contributed by atoms with Gasteiger partial charge in [-0.05, 0) is 31.2 Å². The molecule has 1 aromatic heterocycles. The minimum atomic E-state index is 0.0651. The number of methoxy groups -OCH3 is 1. The summed E-state index contributed by atoms with van der Waals surface area (Å²) in [5.41, 5.74) is 3.42. The molecule has 0 aliphatic rings. The van der Waals surface area contributed by atoms with E-state index in [-0.39, 0.29) is 6.04 Å². The van der Waals surface area contributed by atoms with Crippen LogP contribution in [-0.2, 0) is 0 Å². The molecule has 0 amide bonds. The average molecular weight is 257 g/mol. The van der Waals surface area contributed by atoms with Crippen molar-refractivity contribution in [1.29, 1.82) is 0 Å². The van der Waals surface area contributed by atoms with Crippen molar-refractivity contribution in [3.05, 3.63) is 53.3 Å². The summed E-state index contributed by atoms with van der Waals surface area (Å²) >= 11 is 0. The topological polar surface area (TPSA) is 47.0 Å². The summed E-state index contributed by atoms with van der Waals surface area (Å²) in [7, 11) is 1.70. The lowest BCUT2D eigenvalue weighted by molar-refractivity contribution is 0.404. The van der Waals surface area contributed by atoms with E-state index in [0.717, 1.165) is 23.4 Å². The average Bonchev–Trinajstić information content (AvgIpc) is 2.45. The molecule has 0 fully saturated rings. The van der Waals surface area contributed by atoms with Crippen molar-refractivity contribution < 1.29 is 4.74 Å². The van der Waals surface area contributed by atoms with Crippen LogP contribution in [0.5, 0.6) is 5.75 Å². The third kappa shape index (κ3) is 3.09. The van der Waals surface area contributed by atoms with Crippen LogP contribution < -0.4 is 10.1 Å². The smallest absolute Gasteiger partial charge is 0.124 e. The number of rotatable bonds is 5. The summed E-state index contributed by atoms with van der Waals surface area (Å²) in [6, 6.07) is 8.24. The molecule has 0 saturated heterocycles. The molecule has 0 bridgehead atoms. The lowest BCUT2D eigenvalue weighted by atomic mass is 9.98. The predicted octanol–water partition coefficient (Wildman–Crippen LogP) is 2.49. The van der Waals surface area contributed by atoms with E-state index in [1.165, 1.54) is 5.56 Å². The van der Waals surface area contributed by atoms with Crippen molar-refractivity contribution in [2.24, 2.45) is 0 Å². The Hall–Kier alpha value is -1.94. The van der Waals surface area contributed by atoms with Crippen LogP contribution >= 0.6 is 0 Å². The maximum absolute atomic E-state index is 5.47. The number of benzene rings is 1. The Kier molecular flexibility index (Phi) is 4.47. The number of ether oxygens (including phenoxy) is 1. The van der Waals surface area contributed by atoms with E-state index < -0.39 is 0 Å². The molecule has 0 aliphatic carbocycles. The van der Waals surface area contributed by atoms with Crippen molar-refractivity contribution in [3.8, 4) is 5.75 Å². The van der Waals surface area contributed by atoms with Crippen molar-refractivity contribution in [2.75, 3.05) is 13.7 Å². The first-order chi connectivity index (χ1) is 9.26. The molecule has 1 unspecified atom stereocenters. The minimum absolute atomic E-state index is 0.0651. The summed E-state index contributed by atoms with van der Waals surface area (Å²) in [5.74, 6) is 0.883. The summed E-state index contributed by atoms with van der Waals surface area (Å²) in [6.45, 7) is 5.03. The Balaban J connectivity index is 2.47. The number of aromatic nitrogens is 2. The molecular weight excluding hydrogens is 238 g/mol. The van der Waals surface area contributed by atoms with Gasteiger partial charge in [0.1, 0.15) is 5.75 Å². The Morgan fingerprint density at radius 2 is 2.11 bits per heavy atom. The van der Waals surface area contributed by atoms with Crippen molar-refractivity contribution in [3.63, 3.8) is 0 Å². The first-order valence-corrected chi connectivity index (χ1v) is 6.40. The number of hydrogen-bond donors (Lipinski definition) is 1. The Labute approximate surface area is 113 Å². The first kappa shape index (κ1) is 13.5. The molecule has 2 rings (SSSR count). The van der Waals surface area contributed by atoms with Gasteiger partial charge in [-0.3, -0.25) is 0 Å². The molecule has 4 nitrogen and oxygen atoms in total. The SMILES string of the molecule is CCNC(c1ccnnc1)c1cc(C)ccc1OC. The highest BCUT2D eigenvalue weighted by Gasteiger charge is 2.17. The predicted molar refractivity (Wildman–Crippen MR) is 75.3 cm³/mol. The Morgan fingerprint density at radius 3 is 2.74 bits per heavy atom. The lowest BCUT2D eigenvalue weighted by Crippen LogP contribution is -2.22. The third-order valence-corrected chi connectivity index (χ3v) is 3.04. The van der Waals surface area contributed by atoms with Gasteiger partial charge < -0.3 is 10.1 Å². The van der Waals surface area contributed by atoms with Crippen LogP contribution in [0.2, 0.25) is 0 Å². The third-order valence-electron chi connectivity index (χ3n) is 3.04. The van der Waals surface area contributed by atoms with Crippen LogP contribution in [0.3, 0.4) is 0 Å². The normalized spacial score (nSPS) is 12.2. The van der Waals surface area contributed by atoms with Crippen molar-refractivity contribution in [2.45, 2.75) is 19.9 Å². The highest BCUT2D eigenvalue weighted by molar-refractivity contribution is 5.43. The summed E-state index contributed by atoms with van der Waals surface area (Å²) in [5, 5.41) is 11.3. The quantitative estimate of drug-likeness (QED) is 0.894. The van der Waals surface area contributed by atoms with Gasteiger partial charge in [-0.2, -0.15) is 10.2 Å². The van der Waals surface area contributed by atoms with Crippen LogP contribution in [0.25, 0.3) is 0 Å². The second kappa shape index (κ2) is 6.29. The van der Waals surface area contributed by atoms with E-state index in [1.807, 2.05) is 12.1 Å². The molecular formula is C15H19N3O. The maximum Gasteiger partial charge on any atom is 0.124 e. The van der Waals surface area contributed by atoms with Gasteiger partial charge in [0.15, 0.2) is 0 Å². The molecule has 0 aliphatic heterocycles. The van der Waals surface area contributed by atoms with Gasteiger partial charge in [-0.25, -0.2) is 0 Å². The molecule has 0 saturated carbocycles. The van der Waals surface area contributed by atoms with Gasteiger partial charge in [0.25, 0.3) is 0 Å². The van der Waals surface area contributed by atoms with E-state index >= 15 is 0 Å². The highest BCUT2D eigenvalue weighted by atomic mass is 16.5. The highest BCUT2D eigenvalue weighted by Crippen LogP contribution is 2.30. The first-order valence-electron chi connectivity index (χ1n) is 6.40. The van der Waals surface area contributed by atoms with E-state index in [9.17, 15) is 0 Å². The van der Waals surface area contributed by atoms with Gasteiger partial charge >= 0.3 is 0 Å². The number of aryl methyl sites for hydroxylation is 1. The molecule has 100 valence electrons. The zero-order valence-corrected chi connectivity index (χ0v) is 11.6. The fourth-order valence-electron chi connectivity index (χ4n) is 2.16. The van der Waals surface area contributed by atoms with Crippen LogP contribution in [0.1, 0.15) is 29.7 Å². The molecule has 1 N–H and O–H groups in total. The molecule has 19 heavy (non-hydrogen) atoms. The van der Waals surface area contributed by atoms with Gasteiger partial charge in [0.2, 0.25) is 0 Å². The number of nitrogens with zero attached hydrogens (tertiary/aromatic N) is 2. The van der Waals surface area contributed by atoms with Gasteiger partial charge in [-0.1, -0.05) is 24.6 Å². The molecule has 1 atom stereocenters. The van der Waals surface area contributed by atoms with Crippen LogP contribution in [0.15, 0.2) is 36.7 Å². The fraction of sp³-hybridized carbons (Fsp3) is 0.333. The zero-order valence-electron chi connectivity index (χ0n) is 11.6. The van der Waals surface area contributed by atoms with Crippen LogP contribution in [-0.4, -0.2) is 23.9 Å². The molecule has 1 heterocycles. The molecule has 0 radical (unpaired) electrons. The van der Waals surface area contributed by atoms with E-state index in [4.69, 9.17) is 4.74 Å². The molecule has 2 aromatic rings. The van der Waals surface area contributed by atoms with E-state index in [1.54, 1.807) is 19.5 Å². The summed E-state index contributed by atoms with van der Waals surface area (Å²) in [4.78, 5) is 0. The monoisotopic (exact) mass is 257 g/mol. The molecule has 1 aromatic carbocycles. The summed E-state index contributed by atoms with van der Waals surface area (Å²) < 4.78 is 5.47. The largest absolute Gasteiger partial charge is 0.496 e. The van der Waals surface area contributed by atoms with E-state index in [0.29, 0.717) is 0 Å². The van der Waals surface area contributed by atoms with Crippen molar-refractivity contribution in [1.82, 2.24) is 15.5 Å². The Morgan fingerprint density at radius 1 is 1.26 bits per heavy atom. The molecule has 4 heteroatoms. The fourth-order valence-corrected chi connectivity index (χ4v) is 2.16. The standard InChI is InChI=1S/C15H19N3O/c1-4-16-15(12-7-8-17-18-10-12)13-9-11(2)5-6-14(13)19-3/h5-10,15-16H,4H2,1-3H3. The zero-order chi connectivity index (χ0) is 13.7. The minimum Gasteiger partial charge on any atom is -0.496 e. The molecule has 0 spiro atoms. The van der Waals surface area contributed by atoms with E-state index in [2.05, 4.69) is 41.5 Å². The second-order valence-electron chi connectivity index (χ2n) is 4.41. The number of nitrogens with one attached hydrogen (secondary N) is 1. The van der Waals surface area contributed by atoms with Gasteiger partial charge in [-0.15, -0.1) is 0 Å². The lowest BCUT2D eigenvalue weighted by Gasteiger charge is -2.21. The van der Waals surface area contributed by atoms with Gasteiger partial charge in [0, 0.05) is 11.8 Å². The second-order valence-corrected chi connectivity index (χ2v) is 4.41. The van der Waals surface area contributed by atoms with Crippen LogP contribution in [0.4, 0.5) is 0 Å². The maximum atomic E-state index is 5.47. The Bertz CT molecular complexity index is 528. The van der Waals surface area contributed by atoms with Crippen molar-refractivity contribution >= 4 is 0 Å². The van der Waals surface area contributed by atoms with Crippen LogP contribution in [0, 0.1) is 6.92 Å². The summed E-state index contributed by atoms with van der Waals surface area (Å²) in [6.07, 6.45) is 3.50. The number of hydrogen-bond acceptors (Lipinski definition) is 4. The van der Waals surface area contributed by atoms with Gasteiger partial charge in [0.05, 0.1) is 19.3 Å².